The number of likely N-dealkylation sites (N-methyl/N-ethyl adjacent to an activating group) is 1. The summed E-state index contributed by atoms with van der Waals surface area (Å²) in [5.41, 5.74) is 0.914. The zero-order chi connectivity index (χ0) is 18.1. The van der Waals surface area contributed by atoms with Gasteiger partial charge in [-0.3, -0.25) is 9.59 Å². The third kappa shape index (κ3) is 2.97. The van der Waals surface area contributed by atoms with Crippen molar-refractivity contribution in [1.82, 2.24) is 10.2 Å². The van der Waals surface area contributed by atoms with Crippen LogP contribution < -0.4 is 10.2 Å². The van der Waals surface area contributed by atoms with Crippen molar-refractivity contribution in [3.63, 3.8) is 0 Å². The van der Waals surface area contributed by atoms with Gasteiger partial charge in [0.25, 0.3) is 0 Å². The van der Waals surface area contributed by atoms with Gasteiger partial charge >= 0.3 is 0 Å². The summed E-state index contributed by atoms with van der Waals surface area (Å²) in [6, 6.07) is 14.3. The summed E-state index contributed by atoms with van der Waals surface area (Å²) >= 11 is 0. The van der Waals surface area contributed by atoms with E-state index in [1.807, 2.05) is 42.3 Å². The Balaban J connectivity index is 1.56. The first-order chi connectivity index (χ1) is 12.7. The van der Waals surface area contributed by atoms with Gasteiger partial charge in [-0.2, -0.15) is 0 Å². The van der Waals surface area contributed by atoms with Crippen LogP contribution in [0.4, 0.5) is 5.69 Å². The molecule has 2 atom stereocenters. The molecule has 0 aromatic heterocycles. The van der Waals surface area contributed by atoms with E-state index in [4.69, 9.17) is 0 Å². The van der Waals surface area contributed by atoms with E-state index in [1.165, 1.54) is 0 Å². The summed E-state index contributed by atoms with van der Waals surface area (Å²) < 4.78 is 0. The highest BCUT2D eigenvalue weighted by Gasteiger charge is 2.40. The van der Waals surface area contributed by atoms with Crippen LogP contribution in [0.2, 0.25) is 0 Å². The number of hydrogen-bond donors (Lipinski definition) is 1. The lowest BCUT2D eigenvalue weighted by Gasteiger charge is -2.27. The Labute approximate surface area is 154 Å². The number of anilines is 1. The Morgan fingerprint density at radius 2 is 2.00 bits per heavy atom. The smallest absolute Gasteiger partial charge is 0.228 e. The Morgan fingerprint density at radius 3 is 2.85 bits per heavy atom. The second kappa shape index (κ2) is 7.08. The number of rotatable bonds is 4. The number of nitrogens with zero attached hydrogens (tertiary/aromatic N) is 2. The van der Waals surface area contributed by atoms with Gasteiger partial charge in [0, 0.05) is 37.5 Å². The van der Waals surface area contributed by atoms with Crippen LogP contribution in [0.15, 0.2) is 42.5 Å². The number of carbonyl (C=O) groups is 2. The van der Waals surface area contributed by atoms with Crippen molar-refractivity contribution >= 4 is 28.3 Å². The van der Waals surface area contributed by atoms with Crippen LogP contribution in [0.25, 0.3) is 10.8 Å². The number of carbonyl (C=O) groups excluding carboxylic acids is 2. The van der Waals surface area contributed by atoms with Gasteiger partial charge in [-0.1, -0.05) is 36.4 Å². The van der Waals surface area contributed by atoms with Crippen molar-refractivity contribution in [1.29, 1.82) is 0 Å². The molecule has 0 bridgehead atoms. The van der Waals surface area contributed by atoms with Crippen LogP contribution in [0.3, 0.4) is 0 Å². The van der Waals surface area contributed by atoms with E-state index in [0.717, 1.165) is 42.4 Å². The van der Waals surface area contributed by atoms with Gasteiger partial charge in [0.15, 0.2) is 0 Å². The Kier molecular flexibility index (Phi) is 4.64. The summed E-state index contributed by atoms with van der Waals surface area (Å²) in [6.45, 7) is 2.11. The molecule has 2 saturated heterocycles. The zero-order valence-electron chi connectivity index (χ0n) is 15.1. The minimum Gasteiger partial charge on any atom is -0.338 e. The molecule has 2 amide bonds. The standard InChI is InChI=1S/C21H25N3O2/c1-22-13-17-8-5-11-23(17)21(26)16-12-20(25)24(14-16)19-10-4-7-15-6-2-3-9-18(15)19/h2-4,6-7,9-10,16-17,22H,5,8,11-14H2,1H3. The molecule has 5 nitrogen and oxygen atoms in total. The topological polar surface area (TPSA) is 52.7 Å². The van der Waals surface area contributed by atoms with Gasteiger partial charge < -0.3 is 15.1 Å². The minimum absolute atomic E-state index is 0.0454. The summed E-state index contributed by atoms with van der Waals surface area (Å²) in [7, 11) is 1.92. The monoisotopic (exact) mass is 351 g/mol. The molecule has 2 aromatic rings. The third-order valence-electron chi connectivity index (χ3n) is 5.63. The lowest BCUT2D eigenvalue weighted by Crippen LogP contribution is -2.44. The van der Waals surface area contributed by atoms with E-state index in [0.29, 0.717) is 13.0 Å². The number of hydrogen-bond acceptors (Lipinski definition) is 3. The molecular formula is C21H25N3O2. The first-order valence-electron chi connectivity index (χ1n) is 9.42. The van der Waals surface area contributed by atoms with E-state index >= 15 is 0 Å². The molecular weight excluding hydrogens is 326 g/mol. The van der Waals surface area contributed by atoms with Crippen LogP contribution in [-0.2, 0) is 9.59 Å². The van der Waals surface area contributed by atoms with Gasteiger partial charge in [-0.25, -0.2) is 0 Å². The fourth-order valence-electron chi connectivity index (χ4n) is 4.36. The molecule has 2 unspecified atom stereocenters. The predicted octanol–water partition coefficient (Wildman–Crippen LogP) is 2.40. The van der Waals surface area contributed by atoms with E-state index in [2.05, 4.69) is 17.4 Å². The van der Waals surface area contributed by atoms with Crippen molar-refractivity contribution in [3.8, 4) is 0 Å². The van der Waals surface area contributed by atoms with Crippen LogP contribution in [0, 0.1) is 5.92 Å². The molecule has 136 valence electrons. The normalized spacial score (nSPS) is 23.2. The highest BCUT2D eigenvalue weighted by Crippen LogP contribution is 2.33. The highest BCUT2D eigenvalue weighted by molar-refractivity contribution is 6.07. The summed E-state index contributed by atoms with van der Waals surface area (Å²) in [4.78, 5) is 29.5. The second-order valence-corrected chi connectivity index (χ2v) is 7.29. The van der Waals surface area contributed by atoms with E-state index in [1.54, 1.807) is 4.90 Å². The van der Waals surface area contributed by atoms with Crippen molar-refractivity contribution in [2.24, 2.45) is 5.92 Å². The SMILES string of the molecule is CNCC1CCCN1C(=O)C1CC(=O)N(c2cccc3ccccc23)C1. The molecule has 0 saturated carbocycles. The average molecular weight is 351 g/mol. The molecule has 2 aliphatic heterocycles. The van der Waals surface area contributed by atoms with Crippen molar-refractivity contribution in [3.05, 3.63) is 42.5 Å². The quantitative estimate of drug-likeness (QED) is 0.920. The fourth-order valence-corrected chi connectivity index (χ4v) is 4.36. The first-order valence-corrected chi connectivity index (χ1v) is 9.42. The maximum absolute atomic E-state index is 13.0. The van der Waals surface area contributed by atoms with Crippen LogP contribution >= 0.6 is 0 Å². The van der Waals surface area contributed by atoms with Gasteiger partial charge in [0.05, 0.1) is 11.6 Å². The molecule has 2 aromatic carbocycles. The maximum atomic E-state index is 13.0. The van der Waals surface area contributed by atoms with E-state index in [-0.39, 0.29) is 23.8 Å². The Morgan fingerprint density at radius 1 is 1.19 bits per heavy atom. The molecule has 1 N–H and O–H groups in total. The third-order valence-corrected chi connectivity index (χ3v) is 5.63. The molecule has 0 aliphatic carbocycles. The van der Waals surface area contributed by atoms with Crippen LogP contribution in [-0.4, -0.2) is 49.4 Å². The lowest BCUT2D eigenvalue weighted by molar-refractivity contribution is -0.136. The first kappa shape index (κ1) is 17.0. The average Bonchev–Trinajstić information content (AvgIpc) is 3.28. The summed E-state index contributed by atoms with van der Waals surface area (Å²) in [5, 5.41) is 5.35. The van der Waals surface area contributed by atoms with Crippen molar-refractivity contribution in [2.75, 3.05) is 31.6 Å². The minimum atomic E-state index is -0.237. The van der Waals surface area contributed by atoms with Crippen molar-refractivity contribution < 1.29 is 9.59 Å². The molecule has 5 heteroatoms. The van der Waals surface area contributed by atoms with Gasteiger partial charge in [0.1, 0.15) is 0 Å². The van der Waals surface area contributed by atoms with Crippen LogP contribution in [0.1, 0.15) is 19.3 Å². The van der Waals surface area contributed by atoms with Gasteiger partial charge in [-0.05, 0) is 31.3 Å². The molecule has 26 heavy (non-hydrogen) atoms. The molecule has 2 aliphatic rings. The largest absolute Gasteiger partial charge is 0.338 e. The van der Waals surface area contributed by atoms with E-state index in [9.17, 15) is 9.59 Å². The number of nitrogens with one attached hydrogen (secondary N) is 1. The lowest BCUT2D eigenvalue weighted by atomic mass is 10.1. The van der Waals surface area contributed by atoms with E-state index < -0.39 is 0 Å². The van der Waals surface area contributed by atoms with Crippen LogP contribution in [0.5, 0.6) is 0 Å². The maximum Gasteiger partial charge on any atom is 0.228 e. The summed E-state index contributed by atoms with van der Waals surface area (Å²) in [6.07, 6.45) is 2.40. The fraction of sp³-hybridized carbons (Fsp3) is 0.429. The molecule has 0 spiro atoms. The molecule has 2 heterocycles. The second-order valence-electron chi connectivity index (χ2n) is 7.29. The molecule has 2 fully saturated rings. The van der Waals surface area contributed by atoms with Crippen molar-refractivity contribution in [2.45, 2.75) is 25.3 Å². The predicted molar refractivity (Wildman–Crippen MR) is 103 cm³/mol. The Hall–Kier alpha value is -2.40. The van der Waals surface area contributed by atoms with Gasteiger partial charge in [0.2, 0.25) is 11.8 Å². The highest BCUT2D eigenvalue weighted by atomic mass is 16.2. The van der Waals surface area contributed by atoms with Gasteiger partial charge in [-0.15, -0.1) is 0 Å². The number of benzene rings is 2. The number of likely N-dealkylation sites (tertiary alicyclic amines) is 1. The zero-order valence-corrected chi connectivity index (χ0v) is 15.1. The number of amides is 2. The Bertz CT molecular complexity index is 830. The molecule has 0 radical (unpaired) electrons. The summed E-state index contributed by atoms with van der Waals surface area (Å²) in [5.74, 6) is -0.0539. The molecule has 4 rings (SSSR count). The number of fused-ring (bicyclic) bond motifs is 1.